The molecule has 3 heterocycles. The van der Waals surface area contributed by atoms with Gasteiger partial charge in [0.2, 0.25) is 0 Å². The fourth-order valence-electron chi connectivity index (χ4n) is 3.06. The lowest BCUT2D eigenvalue weighted by Gasteiger charge is -2.03. The van der Waals surface area contributed by atoms with E-state index in [9.17, 15) is 0 Å². The first-order chi connectivity index (χ1) is 13.2. The van der Waals surface area contributed by atoms with Crippen LogP contribution in [0.4, 0.5) is 0 Å². The lowest BCUT2D eigenvalue weighted by molar-refractivity contribution is 0.415. The fourth-order valence-corrected chi connectivity index (χ4v) is 3.06. The number of nitrogens with zero attached hydrogens (tertiary/aromatic N) is 6. The van der Waals surface area contributed by atoms with Gasteiger partial charge in [0.25, 0.3) is 0 Å². The number of aryl methyl sites for hydroxylation is 1. The van der Waals surface area contributed by atoms with Crippen LogP contribution in [0.2, 0.25) is 0 Å². The Kier molecular flexibility index (Phi) is 3.39. The van der Waals surface area contributed by atoms with Crippen LogP contribution in [-0.2, 0) is 0 Å². The van der Waals surface area contributed by atoms with E-state index in [-0.39, 0.29) is 0 Å². The molecule has 5 rings (SSSR count). The summed E-state index contributed by atoms with van der Waals surface area (Å²) in [6.07, 6.45) is 3.45. The van der Waals surface area contributed by atoms with Crippen LogP contribution in [-0.4, -0.2) is 36.5 Å². The van der Waals surface area contributed by atoms with E-state index in [0.717, 1.165) is 33.7 Å². The van der Waals surface area contributed by atoms with Gasteiger partial charge in [-0.3, -0.25) is 0 Å². The number of hydrogen-bond acceptors (Lipinski definition) is 5. The largest absolute Gasteiger partial charge is 0.497 e. The molecule has 0 radical (unpaired) electrons. The summed E-state index contributed by atoms with van der Waals surface area (Å²) in [7, 11) is 1.65. The maximum atomic E-state index is 5.21. The lowest BCUT2D eigenvalue weighted by atomic mass is 10.2. The molecule has 2 aromatic carbocycles. The van der Waals surface area contributed by atoms with Gasteiger partial charge in [-0.2, -0.15) is 5.10 Å². The van der Waals surface area contributed by atoms with Crippen molar-refractivity contribution in [3.05, 3.63) is 66.6 Å². The van der Waals surface area contributed by atoms with Crippen LogP contribution in [0.15, 0.2) is 61.1 Å². The Morgan fingerprint density at radius 2 is 1.70 bits per heavy atom. The standard InChI is InChI=1S/C20H16N6O/c1-13-3-7-15(8-4-13)26-19-17(11-22-26)20-23-18(24-25(20)12-21-19)14-5-9-16(27-2)10-6-14/h3-12H,1-2H3. The monoisotopic (exact) mass is 356 g/mol. The van der Waals surface area contributed by atoms with Gasteiger partial charge in [-0.05, 0) is 43.3 Å². The van der Waals surface area contributed by atoms with Crippen molar-refractivity contribution in [1.82, 2.24) is 29.4 Å². The second kappa shape index (κ2) is 5.91. The molecule has 0 saturated heterocycles. The lowest BCUT2D eigenvalue weighted by Crippen LogP contribution is -1.98. The SMILES string of the molecule is COc1ccc(-c2nc3c4cnn(-c5ccc(C)cc5)c4ncn3n2)cc1. The van der Waals surface area contributed by atoms with Crippen molar-refractivity contribution in [2.75, 3.05) is 7.11 Å². The molecule has 0 unspecified atom stereocenters. The van der Waals surface area contributed by atoms with Gasteiger partial charge in [0, 0.05) is 5.56 Å². The molecule has 0 fully saturated rings. The van der Waals surface area contributed by atoms with Crippen LogP contribution < -0.4 is 4.74 Å². The Balaban J connectivity index is 1.64. The normalized spacial score (nSPS) is 11.3. The van der Waals surface area contributed by atoms with Gasteiger partial charge in [-0.1, -0.05) is 17.7 Å². The van der Waals surface area contributed by atoms with Crippen molar-refractivity contribution in [2.24, 2.45) is 0 Å². The molecule has 7 heteroatoms. The molecule has 3 aromatic heterocycles. The van der Waals surface area contributed by atoms with Crippen LogP contribution in [0.3, 0.4) is 0 Å². The maximum absolute atomic E-state index is 5.21. The van der Waals surface area contributed by atoms with Gasteiger partial charge < -0.3 is 4.74 Å². The number of aromatic nitrogens is 6. The molecule has 0 aliphatic carbocycles. The molecule has 0 spiro atoms. The highest BCUT2D eigenvalue weighted by Crippen LogP contribution is 2.24. The molecule has 0 aliphatic rings. The summed E-state index contributed by atoms with van der Waals surface area (Å²) in [6.45, 7) is 2.06. The molecule has 27 heavy (non-hydrogen) atoms. The third-order valence-electron chi connectivity index (χ3n) is 4.53. The van der Waals surface area contributed by atoms with Crippen molar-refractivity contribution in [1.29, 1.82) is 0 Å². The minimum Gasteiger partial charge on any atom is -0.497 e. The summed E-state index contributed by atoms with van der Waals surface area (Å²) in [5.74, 6) is 1.43. The highest BCUT2D eigenvalue weighted by molar-refractivity contribution is 5.90. The van der Waals surface area contributed by atoms with E-state index in [0.29, 0.717) is 5.82 Å². The van der Waals surface area contributed by atoms with E-state index >= 15 is 0 Å². The number of rotatable bonds is 3. The number of methoxy groups -OCH3 is 1. The van der Waals surface area contributed by atoms with Gasteiger partial charge in [-0.25, -0.2) is 19.2 Å². The first-order valence-corrected chi connectivity index (χ1v) is 8.53. The summed E-state index contributed by atoms with van der Waals surface area (Å²) >= 11 is 0. The van der Waals surface area contributed by atoms with E-state index in [4.69, 9.17) is 9.72 Å². The summed E-state index contributed by atoms with van der Waals surface area (Å²) in [5.41, 5.74) is 4.55. The fraction of sp³-hybridized carbons (Fsp3) is 0.100. The first-order valence-electron chi connectivity index (χ1n) is 8.53. The molecule has 7 nitrogen and oxygen atoms in total. The Morgan fingerprint density at radius 3 is 2.44 bits per heavy atom. The summed E-state index contributed by atoms with van der Waals surface area (Å²) < 4.78 is 8.71. The predicted molar refractivity (Wildman–Crippen MR) is 102 cm³/mol. The van der Waals surface area contributed by atoms with E-state index in [2.05, 4.69) is 34.2 Å². The zero-order chi connectivity index (χ0) is 18.4. The van der Waals surface area contributed by atoms with E-state index in [1.54, 1.807) is 24.1 Å². The Bertz CT molecular complexity index is 1250. The van der Waals surface area contributed by atoms with Crippen LogP contribution in [0.25, 0.3) is 33.8 Å². The third-order valence-corrected chi connectivity index (χ3v) is 4.53. The minimum absolute atomic E-state index is 0.634. The van der Waals surface area contributed by atoms with Gasteiger partial charge in [-0.15, -0.1) is 5.10 Å². The van der Waals surface area contributed by atoms with E-state index in [1.165, 1.54) is 5.56 Å². The minimum atomic E-state index is 0.634. The molecule has 0 N–H and O–H groups in total. The molecular weight excluding hydrogens is 340 g/mol. The van der Waals surface area contributed by atoms with Crippen LogP contribution in [0.1, 0.15) is 5.56 Å². The summed E-state index contributed by atoms with van der Waals surface area (Å²) in [4.78, 5) is 9.25. The zero-order valence-electron chi connectivity index (χ0n) is 14.9. The summed E-state index contributed by atoms with van der Waals surface area (Å²) in [5, 5.41) is 9.91. The van der Waals surface area contributed by atoms with Gasteiger partial charge in [0.05, 0.1) is 24.4 Å². The first kappa shape index (κ1) is 15.5. The van der Waals surface area contributed by atoms with Crippen LogP contribution in [0, 0.1) is 6.92 Å². The average molecular weight is 356 g/mol. The predicted octanol–water partition coefficient (Wildman–Crippen LogP) is 3.45. The highest BCUT2D eigenvalue weighted by Gasteiger charge is 2.14. The van der Waals surface area contributed by atoms with Crippen molar-refractivity contribution in [2.45, 2.75) is 6.92 Å². The third kappa shape index (κ3) is 2.52. The smallest absolute Gasteiger partial charge is 0.182 e. The van der Waals surface area contributed by atoms with Crippen molar-refractivity contribution < 1.29 is 4.74 Å². The van der Waals surface area contributed by atoms with Crippen molar-refractivity contribution in [3.63, 3.8) is 0 Å². The van der Waals surface area contributed by atoms with Gasteiger partial charge in [0.15, 0.2) is 17.1 Å². The topological polar surface area (TPSA) is 70.1 Å². The Labute approximate surface area is 154 Å². The molecular formula is C20H16N6O. The second-order valence-corrected chi connectivity index (χ2v) is 6.31. The number of ether oxygens (including phenoxy) is 1. The Morgan fingerprint density at radius 1 is 0.926 bits per heavy atom. The molecule has 132 valence electrons. The number of fused-ring (bicyclic) bond motifs is 3. The van der Waals surface area contributed by atoms with Crippen LogP contribution in [0.5, 0.6) is 5.75 Å². The van der Waals surface area contributed by atoms with Crippen LogP contribution >= 0.6 is 0 Å². The number of benzene rings is 2. The van der Waals surface area contributed by atoms with E-state index in [1.807, 2.05) is 41.1 Å². The average Bonchev–Trinajstić information content (AvgIpc) is 3.32. The summed E-state index contributed by atoms with van der Waals surface area (Å²) in [6, 6.07) is 15.8. The second-order valence-electron chi connectivity index (χ2n) is 6.31. The quantitative estimate of drug-likeness (QED) is 0.495. The molecule has 0 atom stereocenters. The molecule has 0 amide bonds. The maximum Gasteiger partial charge on any atom is 0.182 e. The van der Waals surface area contributed by atoms with E-state index < -0.39 is 0 Å². The van der Waals surface area contributed by atoms with Gasteiger partial charge in [0.1, 0.15) is 12.1 Å². The van der Waals surface area contributed by atoms with Crippen molar-refractivity contribution >= 4 is 16.7 Å². The molecule has 5 aromatic rings. The van der Waals surface area contributed by atoms with Crippen molar-refractivity contribution in [3.8, 4) is 22.8 Å². The Hall–Kier alpha value is -3.74. The highest BCUT2D eigenvalue weighted by atomic mass is 16.5. The number of hydrogen-bond donors (Lipinski definition) is 0. The molecule has 0 aliphatic heterocycles. The molecule has 0 saturated carbocycles. The van der Waals surface area contributed by atoms with Gasteiger partial charge >= 0.3 is 0 Å². The molecule has 0 bridgehead atoms. The zero-order valence-corrected chi connectivity index (χ0v) is 14.9.